The molecule has 2 heterocycles. The topological polar surface area (TPSA) is 70.6 Å². The highest BCUT2D eigenvalue weighted by molar-refractivity contribution is 7.99. The van der Waals surface area contributed by atoms with Gasteiger partial charge in [-0.1, -0.05) is 48.5 Å². The molecular weight excluding hydrogens is 446 g/mol. The van der Waals surface area contributed by atoms with Crippen molar-refractivity contribution in [1.82, 2.24) is 25.1 Å². The molecule has 0 bridgehead atoms. The van der Waals surface area contributed by atoms with Crippen LogP contribution in [0.3, 0.4) is 0 Å². The Morgan fingerprint density at radius 2 is 1.71 bits per heavy atom. The van der Waals surface area contributed by atoms with Gasteiger partial charge in [-0.15, -0.1) is 0 Å². The normalized spacial score (nSPS) is 14.6. The lowest BCUT2D eigenvalue weighted by atomic mass is 10.2. The Labute approximate surface area is 205 Å². The zero-order valence-electron chi connectivity index (χ0n) is 19.7. The summed E-state index contributed by atoms with van der Waals surface area (Å²) >= 11 is 1.38. The van der Waals surface area contributed by atoms with E-state index in [0.717, 1.165) is 49.7 Å². The molecule has 0 spiro atoms. The third-order valence-electron chi connectivity index (χ3n) is 5.83. The van der Waals surface area contributed by atoms with Crippen LogP contribution in [-0.4, -0.2) is 71.5 Å². The Hall–Kier alpha value is -2.94. The summed E-state index contributed by atoms with van der Waals surface area (Å²) in [6, 6.07) is 15.3. The summed E-state index contributed by atoms with van der Waals surface area (Å²) in [5.41, 5.74) is 1.78. The van der Waals surface area contributed by atoms with E-state index in [1.807, 2.05) is 55.5 Å². The van der Waals surface area contributed by atoms with Crippen LogP contribution in [0, 0.1) is 6.92 Å². The fraction of sp³-hybridized carbons (Fsp3) is 0.346. The van der Waals surface area contributed by atoms with E-state index in [9.17, 15) is 4.79 Å². The largest absolute Gasteiger partial charge is 0.437 e. The molecule has 0 radical (unpaired) electrons. The van der Waals surface area contributed by atoms with Gasteiger partial charge in [-0.25, -0.2) is 9.97 Å². The molecule has 1 aliphatic rings. The van der Waals surface area contributed by atoms with Crippen LogP contribution in [0.4, 0.5) is 0 Å². The van der Waals surface area contributed by atoms with Gasteiger partial charge < -0.3 is 15.0 Å². The van der Waals surface area contributed by atoms with Crippen LogP contribution in [0.25, 0.3) is 0 Å². The summed E-state index contributed by atoms with van der Waals surface area (Å²) in [6.45, 7) is 11.1. The fourth-order valence-electron chi connectivity index (χ4n) is 3.77. The van der Waals surface area contributed by atoms with E-state index in [1.54, 1.807) is 12.4 Å². The molecule has 3 aromatic rings. The molecule has 1 aromatic heterocycles. The SMILES string of the molecule is CCN1CCN(CCNC(=O)c2ccccc2Sc2nccnc2Oc2ccc(C)cc2)CC1. The number of rotatable bonds is 9. The maximum Gasteiger partial charge on any atom is 0.252 e. The number of hydrogen-bond donors (Lipinski definition) is 1. The standard InChI is InChI=1S/C26H31N5O2S/c1-3-30-16-18-31(19-17-30)15-14-27-24(32)22-6-4-5-7-23(22)34-26-25(28-12-13-29-26)33-21-10-8-20(2)9-11-21/h4-13H,3,14-19H2,1-2H3,(H,27,32). The van der Waals surface area contributed by atoms with Crippen molar-refractivity contribution in [3.05, 3.63) is 72.1 Å². The summed E-state index contributed by atoms with van der Waals surface area (Å²) in [5.74, 6) is 1.02. The van der Waals surface area contributed by atoms with E-state index in [4.69, 9.17) is 4.74 Å². The Bertz CT molecular complexity index is 1080. The third-order valence-corrected chi connectivity index (χ3v) is 6.88. The summed E-state index contributed by atoms with van der Waals surface area (Å²) < 4.78 is 5.98. The molecule has 34 heavy (non-hydrogen) atoms. The van der Waals surface area contributed by atoms with Gasteiger partial charge in [0.25, 0.3) is 11.8 Å². The van der Waals surface area contributed by atoms with Crippen molar-refractivity contribution in [2.45, 2.75) is 23.8 Å². The van der Waals surface area contributed by atoms with E-state index in [0.29, 0.717) is 28.8 Å². The molecule has 0 unspecified atom stereocenters. The average molecular weight is 478 g/mol. The van der Waals surface area contributed by atoms with Crippen molar-refractivity contribution in [2.24, 2.45) is 0 Å². The van der Waals surface area contributed by atoms with Crippen LogP contribution in [0.1, 0.15) is 22.8 Å². The third kappa shape index (κ3) is 6.56. The first-order chi connectivity index (χ1) is 16.6. The van der Waals surface area contributed by atoms with Gasteiger partial charge in [-0.05, 0) is 37.7 Å². The summed E-state index contributed by atoms with van der Waals surface area (Å²) in [4.78, 5) is 27.5. The minimum absolute atomic E-state index is 0.0832. The van der Waals surface area contributed by atoms with Crippen LogP contribution in [0.2, 0.25) is 0 Å². The zero-order chi connectivity index (χ0) is 23.8. The number of aryl methyl sites for hydroxylation is 1. The molecule has 7 nitrogen and oxygen atoms in total. The second kappa shape index (κ2) is 12.0. The molecule has 0 atom stereocenters. The average Bonchev–Trinajstić information content (AvgIpc) is 2.87. The predicted octanol–water partition coefficient (Wildman–Crippen LogP) is 4.10. The number of ether oxygens (including phenoxy) is 1. The zero-order valence-corrected chi connectivity index (χ0v) is 20.6. The lowest BCUT2D eigenvalue weighted by molar-refractivity contribution is 0.0935. The van der Waals surface area contributed by atoms with Gasteiger partial charge in [0.05, 0.1) is 5.56 Å². The maximum absolute atomic E-state index is 13.0. The number of hydrogen-bond acceptors (Lipinski definition) is 7. The van der Waals surface area contributed by atoms with Crippen LogP contribution in [0.15, 0.2) is 70.8 Å². The second-order valence-electron chi connectivity index (χ2n) is 8.21. The molecule has 8 heteroatoms. The second-order valence-corrected chi connectivity index (χ2v) is 9.24. The first-order valence-electron chi connectivity index (χ1n) is 11.7. The molecule has 0 aliphatic carbocycles. The van der Waals surface area contributed by atoms with Gasteiger partial charge >= 0.3 is 0 Å². The molecule has 1 amide bonds. The highest BCUT2D eigenvalue weighted by Crippen LogP contribution is 2.35. The van der Waals surface area contributed by atoms with Crippen LogP contribution in [0.5, 0.6) is 11.6 Å². The van der Waals surface area contributed by atoms with Gasteiger partial charge in [-0.3, -0.25) is 9.69 Å². The summed E-state index contributed by atoms with van der Waals surface area (Å²) in [7, 11) is 0. The van der Waals surface area contributed by atoms with Crippen molar-refractivity contribution in [3.63, 3.8) is 0 Å². The smallest absolute Gasteiger partial charge is 0.252 e. The molecule has 1 aliphatic heterocycles. The molecule has 178 valence electrons. The van der Waals surface area contributed by atoms with E-state index in [-0.39, 0.29) is 5.91 Å². The molecule has 1 fully saturated rings. The first-order valence-corrected chi connectivity index (χ1v) is 12.5. The number of amides is 1. The Morgan fingerprint density at radius 1 is 1.00 bits per heavy atom. The Balaban J connectivity index is 1.39. The minimum Gasteiger partial charge on any atom is -0.437 e. The van der Waals surface area contributed by atoms with Gasteiger partial charge in [0.1, 0.15) is 5.75 Å². The van der Waals surface area contributed by atoms with Crippen LogP contribution >= 0.6 is 11.8 Å². The minimum atomic E-state index is -0.0832. The molecular formula is C26H31N5O2S. The lowest BCUT2D eigenvalue weighted by Gasteiger charge is -2.33. The monoisotopic (exact) mass is 477 g/mol. The number of nitrogens with zero attached hydrogens (tertiary/aromatic N) is 4. The Kier molecular flexibility index (Phi) is 8.51. The lowest BCUT2D eigenvalue weighted by Crippen LogP contribution is -2.48. The molecule has 0 saturated carbocycles. The maximum atomic E-state index is 13.0. The van der Waals surface area contributed by atoms with Gasteiger partial charge in [0.2, 0.25) is 0 Å². The molecule has 4 rings (SSSR count). The van der Waals surface area contributed by atoms with Crippen molar-refractivity contribution in [1.29, 1.82) is 0 Å². The number of piperazine rings is 1. The van der Waals surface area contributed by atoms with E-state index >= 15 is 0 Å². The van der Waals surface area contributed by atoms with Crippen LogP contribution in [-0.2, 0) is 0 Å². The summed E-state index contributed by atoms with van der Waals surface area (Å²) in [6.07, 6.45) is 3.23. The molecule has 2 aromatic carbocycles. The van der Waals surface area contributed by atoms with Crippen molar-refractivity contribution >= 4 is 17.7 Å². The number of aromatic nitrogens is 2. The van der Waals surface area contributed by atoms with Crippen molar-refractivity contribution < 1.29 is 9.53 Å². The number of carbonyl (C=O) groups excluding carboxylic acids is 1. The van der Waals surface area contributed by atoms with E-state index in [1.165, 1.54) is 11.8 Å². The summed E-state index contributed by atoms with van der Waals surface area (Å²) in [5, 5.41) is 3.69. The molecule has 1 saturated heterocycles. The highest BCUT2D eigenvalue weighted by atomic mass is 32.2. The number of likely N-dealkylation sites (N-methyl/N-ethyl adjacent to an activating group) is 1. The van der Waals surface area contributed by atoms with Crippen LogP contribution < -0.4 is 10.1 Å². The van der Waals surface area contributed by atoms with E-state index < -0.39 is 0 Å². The highest BCUT2D eigenvalue weighted by Gasteiger charge is 2.18. The Morgan fingerprint density at radius 3 is 2.47 bits per heavy atom. The quantitative estimate of drug-likeness (QED) is 0.498. The first kappa shape index (κ1) is 24.2. The van der Waals surface area contributed by atoms with Crippen molar-refractivity contribution in [2.75, 3.05) is 45.8 Å². The van der Waals surface area contributed by atoms with E-state index in [2.05, 4.69) is 32.0 Å². The van der Waals surface area contributed by atoms with Gasteiger partial charge in [0.15, 0.2) is 5.03 Å². The number of carbonyl (C=O) groups is 1. The number of benzene rings is 2. The molecule has 1 N–H and O–H groups in total. The van der Waals surface area contributed by atoms with Crippen molar-refractivity contribution in [3.8, 4) is 11.6 Å². The number of nitrogens with one attached hydrogen (secondary N) is 1. The fourth-order valence-corrected chi connectivity index (χ4v) is 4.69. The van der Waals surface area contributed by atoms with Gasteiger partial charge in [0, 0.05) is 56.6 Å². The van der Waals surface area contributed by atoms with Gasteiger partial charge in [-0.2, -0.15) is 0 Å². The predicted molar refractivity (Wildman–Crippen MR) is 135 cm³/mol.